The summed E-state index contributed by atoms with van der Waals surface area (Å²) in [7, 11) is 0. The second-order valence-electron chi connectivity index (χ2n) is 4.38. The molecule has 1 fully saturated rings. The van der Waals surface area contributed by atoms with E-state index in [2.05, 4.69) is 19.2 Å². The average Bonchev–Trinajstić information content (AvgIpc) is 2.52. The third-order valence-electron chi connectivity index (χ3n) is 2.26. The molecule has 14 heavy (non-hydrogen) atoms. The van der Waals surface area contributed by atoms with Crippen molar-refractivity contribution < 1.29 is 9.15 Å². The maximum Gasteiger partial charge on any atom is 0.193 e. The molecule has 4 heteroatoms. The van der Waals surface area contributed by atoms with Crippen molar-refractivity contribution in [2.45, 2.75) is 20.1 Å². The van der Waals surface area contributed by atoms with Crippen molar-refractivity contribution in [3.05, 3.63) is 23.1 Å². The first-order valence-electron chi connectivity index (χ1n) is 4.67. The SMILES string of the molecule is CC1(C)CNC(c2ccc(Cl)o2)OC1. The Balaban J connectivity index is 2.02. The van der Waals surface area contributed by atoms with Crippen molar-refractivity contribution in [3.8, 4) is 0 Å². The summed E-state index contributed by atoms with van der Waals surface area (Å²) in [5, 5.41) is 3.66. The highest BCUT2D eigenvalue weighted by molar-refractivity contribution is 6.28. The summed E-state index contributed by atoms with van der Waals surface area (Å²) in [5.41, 5.74) is 0.187. The van der Waals surface area contributed by atoms with E-state index >= 15 is 0 Å². The van der Waals surface area contributed by atoms with Crippen LogP contribution in [-0.4, -0.2) is 13.2 Å². The lowest BCUT2D eigenvalue weighted by Crippen LogP contribution is -2.42. The highest BCUT2D eigenvalue weighted by Crippen LogP contribution is 2.28. The standard InChI is InChI=1S/C10H14ClNO2/c1-10(2)5-12-9(13-6-10)7-3-4-8(11)14-7/h3-4,9,12H,5-6H2,1-2H3. The van der Waals surface area contributed by atoms with Gasteiger partial charge in [-0.25, -0.2) is 0 Å². The molecule has 1 unspecified atom stereocenters. The molecular formula is C10H14ClNO2. The summed E-state index contributed by atoms with van der Waals surface area (Å²) >= 11 is 5.69. The Labute approximate surface area is 88.4 Å². The number of ether oxygens (including phenoxy) is 1. The number of nitrogens with one attached hydrogen (secondary N) is 1. The number of hydrogen-bond acceptors (Lipinski definition) is 3. The van der Waals surface area contributed by atoms with Gasteiger partial charge < -0.3 is 9.15 Å². The van der Waals surface area contributed by atoms with Crippen molar-refractivity contribution in [2.24, 2.45) is 5.41 Å². The van der Waals surface area contributed by atoms with Crippen LogP contribution in [0.5, 0.6) is 0 Å². The van der Waals surface area contributed by atoms with Crippen LogP contribution in [0.3, 0.4) is 0 Å². The van der Waals surface area contributed by atoms with Gasteiger partial charge in [0.15, 0.2) is 11.4 Å². The van der Waals surface area contributed by atoms with E-state index < -0.39 is 0 Å². The Kier molecular flexibility index (Phi) is 2.56. The van der Waals surface area contributed by atoms with Crippen LogP contribution in [-0.2, 0) is 4.74 Å². The van der Waals surface area contributed by atoms with Gasteiger partial charge in [0.2, 0.25) is 0 Å². The van der Waals surface area contributed by atoms with E-state index in [4.69, 9.17) is 20.8 Å². The molecule has 1 saturated heterocycles. The fourth-order valence-corrected chi connectivity index (χ4v) is 1.59. The van der Waals surface area contributed by atoms with Gasteiger partial charge in [-0.05, 0) is 23.7 Å². The number of halogens is 1. The Morgan fingerprint density at radius 1 is 1.50 bits per heavy atom. The van der Waals surface area contributed by atoms with E-state index in [9.17, 15) is 0 Å². The van der Waals surface area contributed by atoms with Gasteiger partial charge in [0.1, 0.15) is 5.76 Å². The zero-order chi connectivity index (χ0) is 10.2. The molecule has 0 spiro atoms. The van der Waals surface area contributed by atoms with Gasteiger partial charge in [0, 0.05) is 12.0 Å². The molecule has 1 aliphatic rings. The average molecular weight is 216 g/mol. The predicted molar refractivity (Wildman–Crippen MR) is 54.2 cm³/mol. The first-order valence-corrected chi connectivity index (χ1v) is 5.05. The van der Waals surface area contributed by atoms with E-state index in [1.165, 1.54) is 0 Å². The van der Waals surface area contributed by atoms with Crippen LogP contribution in [0.2, 0.25) is 5.22 Å². The molecule has 2 rings (SSSR count). The van der Waals surface area contributed by atoms with Crippen LogP contribution in [0.15, 0.2) is 16.5 Å². The summed E-state index contributed by atoms with van der Waals surface area (Å²) < 4.78 is 10.9. The summed E-state index contributed by atoms with van der Waals surface area (Å²) in [6, 6.07) is 3.56. The van der Waals surface area contributed by atoms with Crippen LogP contribution < -0.4 is 5.32 Å². The van der Waals surface area contributed by atoms with E-state index in [1.54, 1.807) is 6.07 Å². The zero-order valence-corrected chi connectivity index (χ0v) is 9.10. The Bertz CT molecular complexity index is 312. The molecule has 0 amide bonds. The molecular weight excluding hydrogens is 202 g/mol. The predicted octanol–water partition coefficient (Wildman–Crippen LogP) is 2.58. The maximum atomic E-state index is 5.69. The van der Waals surface area contributed by atoms with Crippen LogP contribution in [0.4, 0.5) is 0 Å². The number of furan rings is 1. The van der Waals surface area contributed by atoms with E-state index in [0.29, 0.717) is 5.22 Å². The summed E-state index contributed by atoms with van der Waals surface area (Å²) in [4.78, 5) is 0. The van der Waals surface area contributed by atoms with Crippen LogP contribution in [0.25, 0.3) is 0 Å². The summed E-state index contributed by atoms with van der Waals surface area (Å²) in [5.74, 6) is 0.741. The fourth-order valence-electron chi connectivity index (χ4n) is 1.44. The molecule has 0 aromatic carbocycles. The van der Waals surface area contributed by atoms with Gasteiger partial charge in [-0.15, -0.1) is 0 Å². The van der Waals surface area contributed by atoms with Gasteiger partial charge in [-0.2, -0.15) is 0 Å². The molecule has 1 aliphatic heterocycles. The van der Waals surface area contributed by atoms with E-state index in [1.807, 2.05) is 6.07 Å². The molecule has 0 radical (unpaired) electrons. The third kappa shape index (κ3) is 2.11. The lowest BCUT2D eigenvalue weighted by atomic mass is 9.93. The summed E-state index contributed by atoms with van der Waals surface area (Å²) in [6.45, 7) is 5.95. The van der Waals surface area contributed by atoms with Gasteiger partial charge in [0.25, 0.3) is 0 Å². The Hall–Kier alpha value is -0.510. The van der Waals surface area contributed by atoms with Crippen molar-refractivity contribution in [3.63, 3.8) is 0 Å². The van der Waals surface area contributed by atoms with Crippen molar-refractivity contribution in [2.75, 3.05) is 13.2 Å². The minimum absolute atomic E-state index is 0.157. The van der Waals surface area contributed by atoms with Gasteiger partial charge >= 0.3 is 0 Å². The van der Waals surface area contributed by atoms with Crippen molar-refractivity contribution in [1.82, 2.24) is 5.32 Å². The van der Waals surface area contributed by atoms with Gasteiger partial charge in [0.05, 0.1) is 6.61 Å². The lowest BCUT2D eigenvalue weighted by molar-refractivity contribution is -0.0687. The van der Waals surface area contributed by atoms with E-state index in [0.717, 1.165) is 18.9 Å². The summed E-state index contributed by atoms with van der Waals surface area (Å²) in [6.07, 6.45) is -0.157. The van der Waals surface area contributed by atoms with E-state index in [-0.39, 0.29) is 11.6 Å². The van der Waals surface area contributed by atoms with Crippen LogP contribution in [0, 0.1) is 5.41 Å². The quantitative estimate of drug-likeness (QED) is 0.782. The van der Waals surface area contributed by atoms with Crippen molar-refractivity contribution >= 4 is 11.6 Å². The third-order valence-corrected chi connectivity index (χ3v) is 2.46. The first kappa shape index (κ1) is 10.0. The minimum Gasteiger partial charge on any atom is -0.445 e. The fraction of sp³-hybridized carbons (Fsp3) is 0.600. The molecule has 0 bridgehead atoms. The number of rotatable bonds is 1. The van der Waals surface area contributed by atoms with Gasteiger partial charge in [-0.3, -0.25) is 5.32 Å². The highest BCUT2D eigenvalue weighted by Gasteiger charge is 2.29. The topological polar surface area (TPSA) is 34.4 Å². The monoisotopic (exact) mass is 215 g/mol. The molecule has 2 heterocycles. The molecule has 1 N–H and O–H groups in total. The normalized spacial score (nSPS) is 26.4. The second-order valence-corrected chi connectivity index (χ2v) is 4.75. The minimum atomic E-state index is -0.157. The second kappa shape index (κ2) is 3.57. The lowest BCUT2D eigenvalue weighted by Gasteiger charge is -2.34. The van der Waals surface area contributed by atoms with Crippen LogP contribution >= 0.6 is 11.6 Å². The molecule has 0 saturated carbocycles. The smallest absolute Gasteiger partial charge is 0.193 e. The molecule has 78 valence electrons. The van der Waals surface area contributed by atoms with Crippen LogP contribution in [0.1, 0.15) is 25.8 Å². The largest absolute Gasteiger partial charge is 0.445 e. The maximum absolute atomic E-state index is 5.69. The first-order chi connectivity index (χ1) is 6.57. The zero-order valence-electron chi connectivity index (χ0n) is 8.34. The Morgan fingerprint density at radius 2 is 2.29 bits per heavy atom. The van der Waals surface area contributed by atoms with Crippen molar-refractivity contribution in [1.29, 1.82) is 0 Å². The molecule has 1 aromatic rings. The molecule has 0 aliphatic carbocycles. The Morgan fingerprint density at radius 3 is 2.79 bits per heavy atom. The molecule has 1 aromatic heterocycles. The molecule has 1 atom stereocenters. The number of hydrogen-bond donors (Lipinski definition) is 1. The van der Waals surface area contributed by atoms with Gasteiger partial charge in [-0.1, -0.05) is 13.8 Å². The highest BCUT2D eigenvalue weighted by atomic mass is 35.5. The molecule has 3 nitrogen and oxygen atoms in total.